The fourth-order valence-corrected chi connectivity index (χ4v) is 2.57. The maximum Gasteiger partial charge on any atom is 0.220 e. The molecule has 1 aromatic heterocycles. The zero-order chi connectivity index (χ0) is 17.2. The summed E-state index contributed by atoms with van der Waals surface area (Å²) in [6.45, 7) is 0.625. The highest BCUT2D eigenvalue weighted by molar-refractivity contribution is 6.30. The highest BCUT2D eigenvalue weighted by Crippen LogP contribution is 2.12. The van der Waals surface area contributed by atoms with Gasteiger partial charge in [-0.3, -0.25) is 14.6 Å². The van der Waals surface area contributed by atoms with Crippen LogP contribution < -0.4 is 5.32 Å². The number of unbranched alkanes of at least 4 members (excludes halogenated alkanes) is 1. The van der Waals surface area contributed by atoms with Gasteiger partial charge in [-0.25, -0.2) is 0 Å². The number of nitrogens with one attached hydrogen (secondary N) is 1. The van der Waals surface area contributed by atoms with Gasteiger partial charge in [-0.1, -0.05) is 23.7 Å². The van der Waals surface area contributed by atoms with Crippen LogP contribution in [-0.4, -0.2) is 23.2 Å². The van der Waals surface area contributed by atoms with Crippen molar-refractivity contribution in [3.63, 3.8) is 0 Å². The minimum absolute atomic E-state index is 0.0563. The van der Waals surface area contributed by atoms with E-state index in [1.807, 2.05) is 18.2 Å². The monoisotopic (exact) mass is 344 g/mol. The summed E-state index contributed by atoms with van der Waals surface area (Å²) >= 11 is 5.94. The average Bonchev–Trinajstić information content (AvgIpc) is 2.60. The number of nitrogens with zero attached hydrogens (tertiary/aromatic N) is 1. The Morgan fingerprint density at radius 2 is 1.96 bits per heavy atom. The van der Waals surface area contributed by atoms with Crippen LogP contribution >= 0.6 is 11.6 Å². The fraction of sp³-hybridized carbons (Fsp3) is 0.316. The van der Waals surface area contributed by atoms with E-state index >= 15 is 0 Å². The van der Waals surface area contributed by atoms with E-state index in [-0.39, 0.29) is 24.5 Å². The highest BCUT2D eigenvalue weighted by atomic mass is 35.5. The molecule has 1 amide bonds. The molecule has 0 aliphatic carbocycles. The number of benzene rings is 1. The minimum Gasteiger partial charge on any atom is -0.356 e. The summed E-state index contributed by atoms with van der Waals surface area (Å²) in [6, 6.07) is 11.2. The zero-order valence-electron chi connectivity index (χ0n) is 13.5. The van der Waals surface area contributed by atoms with E-state index in [1.54, 1.807) is 18.3 Å². The third-order valence-electron chi connectivity index (χ3n) is 3.67. The van der Waals surface area contributed by atoms with Crippen molar-refractivity contribution >= 4 is 23.3 Å². The molecule has 126 valence electrons. The zero-order valence-corrected chi connectivity index (χ0v) is 14.3. The molecule has 2 aromatic rings. The van der Waals surface area contributed by atoms with Crippen molar-refractivity contribution in [2.75, 3.05) is 6.54 Å². The van der Waals surface area contributed by atoms with Crippen molar-refractivity contribution in [2.24, 2.45) is 0 Å². The van der Waals surface area contributed by atoms with Crippen LogP contribution in [0.15, 0.2) is 48.8 Å². The molecular weight excluding hydrogens is 324 g/mol. The van der Waals surface area contributed by atoms with Crippen LogP contribution in [0.5, 0.6) is 0 Å². The van der Waals surface area contributed by atoms with E-state index in [1.165, 1.54) is 11.8 Å². The number of amides is 1. The Morgan fingerprint density at radius 3 is 2.71 bits per heavy atom. The predicted molar refractivity (Wildman–Crippen MR) is 95.2 cm³/mol. The van der Waals surface area contributed by atoms with Gasteiger partial charge in [0.1, 0.15) is 0 Å². The third-order valence-corrected chi connectivity index (χ3v) is 3.90. The molecule has 0 bridgehead atoms. The predicted octanol–water partition coefficient (Wildman–Crippen LogP) is 3.84. The Balaban J connectivity index is 1.57. The molecular formula is C19H21ClN2O2. The molecule has 1 N–H and O–H groups in total. The van der Waals surface area contributed by atoms with Gasteiger partial charge in [0.2, 0.25) is 5.91 Å². The van der Waals surface area contributed by atoms with Crippen LogP contribution in [0.3, 0.4) is 0 Å². The summed E-state index contributed by atoms with van der Waals surface area (Å²) in [7, 11) is 0. The van der Waals surface area contributed by atoms with E-state index < -0.39 is 0 Å². The van der Waals surface area contributed by atoms with Crippen molar-refractivity contribution in [1.82, 2.24) is 10.3 Å². The molecule has 2 rings (SSSR count). The lowest BCUT2D eigenvalue weighted by Crippen LogP contribution is -2.24. The lowest BCUT2D eigenvalue weighted by molar-refractivity contribution is -0.121. The molecule has 0 saturated heterocycles. The van der Waals surface area contributed by atoms with E-state index in [0.717, 1.165) is 24.3 Å². The Labute approximate surface area is 147 Å². The van der Waals surface area contributed by atoms with E-state index in [9.17, 15) is 9.59 Å². The van der Waals surface area contributed by atoms with E-state index in [0.29, 0.717) is 12.1 Å². The number of carbonyl (C=O) groups excluding carboxylic acids is 2. The molecule has 0 radical (unpaired) electrons. The van der Waals surface area contributed by atoms with Crippen molar-refractivity contribution < 1.29 is 9.59 Å². The normalized spacial score (nSPS) is 10.4. The molecule has 1 heterocycles. The van der Waals surface area contributed by atoms with Crippen LogP contribution in [0.2, 0.25) is 5.02 Å². The summed E-state index contributed by atoms with van der Waals surface area (Å²) in [6.07, 6.45) is 6.38. The number of Topliss-reactive ketones (excluding diaryl/α,β-unsaturated/α-hetero) is 1. The molecule has 4 nitrogen and oxygen atoms in total. The van der Waals surface area contributed by atoms with Gasteiger partial charge < -0.3 is 5.32 Å². The van der Waals surface area contributed by atoms with Gasteiger partial charge in [-0.2, -0.15) is 0 Å². The Bertz CT molecular complexity index is 674. The van der Waals surface area contributed by atoms with Gasteiger partial charge in [0.05, 0.1) is 0 Å². The standard InChI is InChI=1S/C19H21ClN2O2/c20-17-8-3-6-15(13-17)5-1-2-12-22-19(24)10-9-18(23)16-7-4-11-21-14-16/h3-4,6-8,11,13-14H,1-2,5,9-10,12H2,(H,22,24). The number of pyridine rings is 1. The largest absolute Gasteiger partial charge is 0.356 e. The SMILES string of the molecule is O=C(CCC(=O)c1cccnc1)NCCCCc1cccc(Cl)c1. The van der Waals surface area contributed by atoms with Crippen molar-refractivity contribution in [2.45, 2.75) is 32.1 Å². The van der Waals surface area contributed by atoms with Crippen LogP contribution in [0.4, 0.5) is 0 Å². The second-order valence-corrected chi connectivity index (χ2v) is 6.04. The van der Waals surface area contributed by atoms with Crippen LogP contribution in [0, 0.1) is 0 Å². The first kappa shape index (κ1) is 18.1. The highest BCUT2D eigenvalue weighted by Gasteiger charge is 2.08. The third kappa shape index (κ3) is 6.50. The Kier molecular flexibility index (Phi) is 7.43. The topological polar surface area (TPSA) is 59.1 Å². The van der Waals surface area contributed by atoms with Crippen molar-refractivity contribution in [1.29, 1.82) is 0 Å². The molecule has 24 heavy (non-hydrogen) atoms. The summed E-state index contributed by atoms with van der Waals surface area (Å²) in [5, 5.41) is 3.60. The van der Waals surface area contributed by atoms with Gasteiger partial charge in [0.15, 0.2) is 5.78 Å². The molecule has 0 saturated carbocycles. The van der Waals surface area contributed by atoms with E-state index in [2.05, 4.69) is 16.4 Å². The number of carbonyl (C=O) groups is 2. The van der Waals surface area contributed by atoms with Gasteiger partial charge >= 0.3 is 0 Å². The number of hydrogen-bond acceptors (Lipinski definition) is 3. The van der Waals surface area contributed by atoms with Crippen molar-refractivity contribution in [3.05, 3.63) is 64.9 Å². The molecule has 0 spiro atoms. The maximum absolute atomic E-state index is 11.9. The Morgan fingerprint density at radius 1 is 1.08 bits per heavy atom. The quantitative estimate of drug-likeness (QED) is 0.555. The van der Waals surface area contributed by atoms with Gasteiger partial charge in [-0.05, 0) is 49.1 Å². The average molecular weight is 345 g/mol. The number of aromatic nitrogens is 1. The summed E-state index contributed by atoms with van der Waals surface area (Å²) in [5.74, 6) is -0.144. The maximum atomic E-state index is 11.9. The molecule has 1 aromatic carbocycles. The molecule has 0 aliphatic rings. The molecule has 0 aliphatic heterocycles. The van der Waals surface area contributed by atoms with Crippen molar-refractivity contribution in [3.8, 4) is 0 Å². The number of aryl methyl sites for hydroxylation is 1. The van der Waals surface area contributed by atoms with Gasteiger partial charge in [-0.15, -0.1) is 0 Å². The van der Waals surface area contributed by atoms with Crippen LogP contribution in [-0.2, 0) is 11.2 Å². The van der Waals surface area contributed by atoms with Gasteiger partial charge in [0, 0.05) is 42.4 Å². The van der Waals surface area contributed by atoms with E-state index in [4.69, 9.17) is 11.6 Å². The first-order valence-corrected chi connectivity index (χ1v) is 8.47. The molecule has 0 unspecified atom stereocenters. The number of halogens is 1. The first-order valence-electron chi connectivity index (χ1n) is 8.09. The van der Waals surface area contributed by atoms with Gasteiger partial charge in [0.25, 0.3) is 0 Å². The second-order valence-electron chi connectivity index (χ2n) is 5.60. The minimum atomic E-state index is -0.0880. The summed E-state index contributed by atoms with van der Waals surface area (Å²) in [4.78, 5) is 27.5. The molecule has 5 heteroatoms. The Hall–Kier alpha value is -2.20. The first-order chi connectivity index (χ1) is 11.6. The number of hydrogen-bond donors (Lipinski definition) is 1. The molecule has 0 fully saturated rings. The van der Waals surface area contributed by atoms with Crippen LogP contribution in [0.25, 0.3) is 0 Å². The second kappa shape index (κ2) is 9.83. The smallest absolute Gasteiger partial charge is 0.220 e. The lowest BCUT2D eigenvalue weighted by Gasteiger charge is -2.05. The lowest BCUT2D eigenvalue weighted by atomic mass is 10.1. The molecule has 0 atom stereocenters. The summed E-state index contributed by atoms with van der Waals surface area (Å²) in [5.41, 5.74) is 1.75. The number of ketones is 1. The summed E-state index contributed by atoms with van der Waals surface area (Å²) < 4.78 is 0. The number of rotatable bonds is 9. The van der Waals surface area contributed by atoms with Crippen LogP contribution in [0.1, 0.15) is 41.6 Å². The fourth-order valence-electron chi connectivity index (χ4n) is 2.36.